The van der Waals surface area contributed by atoms with Crippen molar-refractivity contribution in [2.75, 3.05) is 0 Å². The van der Waals surface area contributed by atoms with Gasteiger partial charge in [0, 0.05) is 16.7 Å². The van der Waals surface area contributed by atoms with E-state index in [9.17, 15) is 5.11 Å². The summed E-state index contributed by atoms with van der Waals surface area (Å²) >= 11 is 1.70. The van der Waals surface area contributed by atoms with Gasteiger partial charge in [-0.25, -0.2) is 9.97 Å². The molecule has 0 amide bonds. The normalized spacial score (nSPS) is 13.2. The van der Waals surface area contributed by atoms with Crippen LogP contribution in [-0.4, -0.2) is 21.2 Å². The van der Waals surface area contributed by atoms with E-state index in [2.05, 4.69) is 30.7 Å². The molecule has 0 aliphatic carbocycles. The van der Waals surface area contributed by atoms with E-state index in [0.29, 0.717) is 6.42 Å². The Morgan fingerprint density at radius 3 is 2.82 bits per heavy atom. The van der Waals surface area contributed by atoms with Crippen molar-refractivity contribution in [1.82, 2.24) is 9.97 Å². The van der Waals surface area contributed by atoms with E-state index in [-0.39, 0.29) is 6.10 Å². The fourth-order valence-corrected chi connectivity index (χ4v) is 3.09. The number of aliphatic hydroxyl groups excluding tert-OH is 1. The minimum Gasteiger partial charge on any atom is -0.393 e. The maximum atomic E-state index is 9.90. The second-order valence-corrected chi connectivity index (χ2v) is 5.63. The molecule has 0 spiro atoms. The molecule has 4 heteroatoms. The fraction of sp³-hybridized carbons (Fsp3) is 0.538. The van der Waals surface area contributed by atoms with Gasteiger partial charge in [-0.1, -0.05) is 13.3 Å². The van der Waals surface area contributed by atoms with Gasteiger partial charge in [0.2, 0.25) is 0 Å². The van der Waals surface area contributed by atoms with Crippen LogP contribution in [0.15, 0.2) is 6.33 Å². The molecule has 1 unspecified atom stereocenters. The van der Waals surface area contributed by atoms with Gasteiger partial charge in [-0.05, 0) is 25.8 Å². The predicted octanol–water partition coefficient (Wildman–Crippen LogP) is 3.01. The number of aromatic nitrogens is 2. The van der Waals surface area contributed by atoms with E-state index < -0.39 is 0 Å². The molecule has 1 atom stereocenters. The second-order valence-electron chi connectivity index (χ2n) is 4.43. The smallest absolute Gasteiger partial charge is 0.127 e. The SMILES string of the molecule is CCCC(O)Cc1ncnc2sc(C)c(C)c12. The third kappa shape index (κ3) is 2.48. The number of rotatable bonds is 4. The van der Waals surface area contributed by atoms with Gasteiger partial charge in [-0.3, -0.25) is 0 Å². The van der Waals surface area contributed by atoms with Crippen molar-refractivity contribution in [2.45, 2.75) is 46.1 Å². The number of thiophene rings is 1. The number of nitrogens with zero attached hydrogens (tertiary/aromatic N) is 2. The Hall–Kier alpha value is -1.00. The summed E-state index contributed by atoms with van der Waals surface area (Å²) in [4.78, 5) is 11.0. The van der Waals surface area contributed by atoms with Crippen LogP contribution in [0.2, 0.25) is 0 Å². The molecule has 0 aliphatic heterocycles. The van der Waals surface area contributed by atoms with Gasteiger partial charge in [-0.15, -0.1) is 11.3 Å². The fourth-order valence-electron chi connectivity index (χ4n) is 2.07. The minimum absolute atomic E-state index is 0.294. The molecule has 0 aliphatic rings. The third-order valence-electron chi connectivity index (χ3n) is 3.09. The van der Waals surface area contributed by atoms with Gasteiger partial charge < -0.3 is 5.11 Å². The van der Waals surface area contributed by atoms with Crippen LogP contribution in [0, 0.1) is 13.8 Å². The zero-order valence-corrected chi connectivity index (χ0v) is 11.3. The molecule has 0 bridgehead atoms. The van der Waals surface area contributed by atoms with Gasteiger partial charge >= 0.3 is 0 Å². The Labute approximate surface area is 106 Å². The Morgan fingerprint density at radius 1 is 1.35 bits per heavy atom. The lowest BCUT2D eigenvalue weighted by Crippen LogP contribution is -2.11. The van der Waals surface area contributed by atoms with Crippen LogP contribution < -0.4 is 0 Å². The summed E-state index contributed by atoms with van der Waals surface area (Å²) in [5.74, 6) is 0. The van der Waals surface area contributed by atoms with Crippen molar-refractivity contribution in [3.8, 4) is 0 Å². The summed E-state index contributed by atoms with van der Waals surface area (Å²) in [7, 11) is 0. The van der Waals surface area contributed by atoms with Gasteiger partial charge in [0.15, 0.2) is 0 Å². The first-order valence-corrected chi connectivity index (χ1v) is 6.82. The molecule has 2 aromatic heterocycles. The highest BCUT2D eigenvalue weighted by atomic mass is 32.1. The van der Waals surface area contributed by atoms with Crippen LogP contribution in [0.4, 0.5) is 0 Å². The second kappa shape index (κ2) is 5.10. The molecule has 0 saturated carbocycles. The highest BCUT2D eigenvalue weighted by molar-refractivity contribution is 7.18. The molecule has 2 heterocycles. The first kappa shape index (κ1) is 12.5. The van der Waals surface area contributed by atoms with Gasteiger partial charge in [-0.2, -0.15) is 0 Å². The minimum atomic E-state index is -0.294. The number of hydrogen-bond donors (Lipinski definition) is 1. The molecule has 3 nitrogen and oxygen atoms in total. The molecule has 0 fully saturated rings. The van der Waals surface area contributed by atoms with Crippen LogP contribution >= 0.6 is 11.3 Å². The summed E-state index contributed by atoms with van der Waals surface area (Å²) in [6.07, 6.45) is 3.76. The van der Waals surface area contributed by atoms with Crippen LogP contribution in [0.5, 0.6) is 0 Å². The van der Waals surface area contributed by atoms with Crippen LogP contribution in [0.3, 0.4) is 0 Å². The molecule has 2 rings (SSSR count). The van der Waals surface area contributed by atoms with E-state index in [1.54, 1.807) is 17.7 Å². The van der Waals surface area contributed by atoms with Crippen molar-refractivity contribution in [3.05, 3.63) is 22.5 Å². The highest BCUT2D eigenvalue weighted by Gasteiger charge is 2.14. The lowest BCUT2D eigenvalue weighted by Gasteiger charge is -2.09. The lowest BCUT2D eigenvalue weighted by molar-refractivity contribution is 0.163. The molecule has 92 valence electrons. The maximum Gasteiger partial charge on any atom is 0.127 e. The van der Waals surface area contributed by atoms with Crippen LogP contribution in [-0.2, 0) is 6.42 Å². The molecule has 0 aromatic carbocycles. The summed E-state index contributed by atoms with van der Waals surface area (Å²) < 4.78 is 0. The van der Waals surface area contributed by atoms with E-state index in [1.807, 2.05) is 0 Å². The number of fused-ring (bicyclic) bond motifs is 1. The van der Waals surface area contributed by atoms with Crippen LogP contribution in [0.25, 0.3) is 10.2 Å². The Balaban J connectivity index is 2.40. The highest BCUT2D eigenvalue weighted by Crippen LogP contribution is 2.30. The first-order valence-electron chi connectivity index (χ1n) is 6.01. The summed E-state index contributed by atoms with van der Waals surface area (Å²) in [5.41, 5.74) is 2.24. The Bertz CT molecular complexity index is 521. The zero-order valence-electron chi connectivity index (χ0n) is 10.5. The van der Waals surface area contributed by atoms with Gasteiger partial charge in [0.05, 0.1) is 11.8 Å². The third-order valence-corrected chi connectivity index (χ3v) is 4.21. The van der Waals surface area contributed by atoms with Crippen molar-refractivity contribution in [1.29, 1.82) is 0 Å². The van der Waals surface area contributed by atoms with E-state index in [0.717, 1.165) is 28.8 Å². The molecular formula is C13H18N2OS. The van der Waals surface area contributed by atoms with Crippen molar-refractivity contribution < 1.29 is 5.11 Å². The lowest BCUT2D eigenvalue weighted by atomic mass is 10.1. The average Bonchev–Trinajstić information content (AvgIpc) is 2.56. The van der Waals surface area contributed by atoms with Gasteiger partial charge in [0.25, 0.3) is 0 Å². The van der Waals surface area contributed by atoms with Crippen molar-refractivity contribution >= 4 is 21.6 Å². The molecule has 0 saturated heterocycles. The summed E-state index contributed by atoms with van der Waals surface area (Å²) in [5, 5.41) is 11.0. The average molecular weight is 250 g/mol. The van der Waals surface area contributed by atoms with E-state index in [1.165, 1.54) is 10.4 Å². The summed E-state index contributed by atoms with van der Waals surface area (Å²) in [6, 6.07) is 0. The Kier molecular flexibility index (Phi) is 3.74. The van der Waals surface area contributed by atoms with E-state index >= 15 is 0 Å². The molecular weight excluding hydrogens is 232 g/mol. The number of aliphatic hydroxyl groups is 1. The van der Waals surface area contributed by atoms with Crippen molar-refractivity contribution in [2.24, 2.45) is 0 Å². The quantitative estimate of drug-likeness (QED) is 0.907. The molecule has 2 aromatic rings. The maximum absolute atomic E-state index is 9.90. The Morgan fingerprint density at radius 2 is 2.12 bits per heavy atom. The topological polar surface area (TPSA) is 46.0 Å². The summed E-state index contributed by atoms with van der Waals surface area (Å²) in [6.45, 7) is 6.29. The number of hydrogen-bond acceptors (Lipinski definition) is 4. The zero-order chi connectivity index (χ0) is 12.4. The molecule has 1 N–H and O–H groups in total. The molecule has 17 heavy (non-hydrogen) atoms. The largest absolute Gasteiger partial charge is 0.393 e. The first-order chi connectivity index (χ1) is 8.13. The number of aryl methyl sites for hydroxylation is 2. The van der Waals surface area contributed by atoms with Gasteiger partial charge in [0.1, 0.15) is 11.2 Å². The van der Waals surface area contributed by atoms with Crippen LogP contribution in [0.1, 0.15) is 35.9 Å². The monoisotopic (exact) mass is 250 g/mol. The van der Waals surface area contributed by atoms with E-state index in [4.69, 9.17) is 0 Å². The molecule has 0 radical (unpaired) electrons. The standard InChI is InChI=1S/C13H18N2OS/c1-4-5-10(16)6-11-12-8(2)9(3)17-13(12)15-7-14-11/h7,10,16H,4-6H2,1-3H3. The predicted molar refractivity (Wildman–Crippen MR) is 71.5 cm³/mol. The van der Waals surface area contributed by atoms with Crippen molar-refractivity contribution in [3.63, 3.8) is 0 Å².